The highest BCUT2D eigenvalue weighted by molar-refractivity contribution is 6.39. The van der Waals surface area contributed by atoms with Gasteiger partial charge >= 0.3 is 6.03 Å². The molecule has 0 radical (unpaired) electrons. The zero-order valence-electron chi connectivity index (χ0n) is 13.8. The van der Waals surface area contributed by atoms with E-state index < -0.39 is 6.03 Å². The van der Waals surface area contributed by atoms with Gasteiger partial charge in [-0.15, -0.1) is 0 Å². The van der Waals surface area contributed by atoms with Crippen LogP contribution in [0.5, 0.6) is 0 Å². The number of amides is 2. The first-order chi connectivity index (χ1) is 13.1. The summed E-state index contributed by atoms with van der Waals surface area (Å²) in [4.78, 5) is 23.7. The minimum atomic E-state index is -0.433. The first-order valence-corrected chi connectivity index (χ1v) is 8.78. The van der Waals surface area contributed by atoms with Crippen LogP contribution < -0.4 is 10.6 Å². The lowest BCUT2D eigenvalue weighted by Gasteiger charge is -2.11. The molecule has 0 saturated carbocycles. The summed E-state index contributed by atoms with van der Waals surface area (Å²) in [6.45, 7) is 0. The van der Waals surface area contributed by atoms with Crippen molar-refractivity contribution in [1.82, 2.24) is 15.0 Å². The predicted molar refractivity (Wildman–Crippen MR) is 108 cm³/mol. The number of hydrogen-bond acceptors (Lipinski definition) is 3. The van der Waals surface area contributed by atoms with E-state index in [9.17, 15) is 4.79 Å². The van der Waals surface area contributed by atoms with E-state index in [0.29, 0.717) is 27.1 Å². The summed E-state index contributed by atoms with van der Waals surface area (Å²) in [6.07, 6.45) is 3.33. The van der Waals surface area contributed by atoms with E-state index in [-0.39, 0.29) is 0 Å². The summed E-state index contributed by atoms with van der Waals surface area (Å²) < 4.78 is 0. The minimum absolute atomic E-state index is 0.369. The van der Waals surface area contributed by atoms with Gasteiger partial charge in [0.2, 0.25) is 0 Å². The Hall–Kier alpha value is -3.09. The zero-order valence-corrected chi connectivity index (χ0v) is 15.3. The topological polar surface area (TPSA) is 82.7 Å². The Bertz CT molecular complexity index is 1100. The number of halogens is 2. The minimum Gasteiger partial charge on any atom is -0.343 e. The molecule has 0 unspecified atom stereocenters. The van der Waals surface area contributed by atoms with Crippen molar-refractivity contribution in [3.8, 4) is 11.1 Å². The Morgan fingerprint density at radius 1 is 0.926 bits per heavy atom. The molecule has 0 bridgehead atoms. The maximum absolute atomic E-state index is 12.2. The summed E-state index contributed by atoms with van der Waals surface area (Å²) in [5.41, 5.74) is 4.49. The molecule has 2 aromatic carbocycles. The lowest BCUT2D eigenvalue weighted by Crippen LogP contribution is -2.19. The first-order valence-electron chi connectivity index (χ1n) is 8.02. The highest BCUT2D eigenvalue weighted by Crippen LogP contribution is 2.30. The van der Waals surface area contributed by atoms with Crippen LogP contribution in [0.4, 0.5) is 16.2 Å². The fourth-order valence-electron chi connectivity index (χ4n) is 2.72. The molecule has 134 valence electrons. The molecule has 0 aliphatic rings. The second-order valence-corrected chi connectivity index (χ2v) is 6.53. The third-order valence-electron chi connectivity index (χ3n) is 3.98. The molecule has 0 aliphatic heterocycles. The number of aromatic nitrogens is 3. The third kappa shape index (κ3) is 3.58. The molecule has 6 nitrogen and oxygen atoms in total. The summed E-state index contributed by atoms with van der Waals surface area (Å²) in [6, 6.07) is 13.9. The van der Waals surface area contributed by atoms with Crippen molar-refractivity contribution in [2.75, 3.05) is 10.6 Å². The molecule has 3 N–H and O–H groups in total. The van der Waals surface area contributed by atoms with Crippen LogP contribution in [-0.2, 0) is 0 Å². The lowest BCUT2D eigenvalue weighted by molar-refractivity contribution is 0.262. The number of aromatic amines is 1. The van der Waals surface area contributed by atoms with Crippen molar-refractivity contribution < 1.29 is 4.79 Å². The van der Waals surface area contributed by atoms with Gasteiger partial charge in [-0.25, -0.2) is 14.8 Å². The number of carbonyl (C=O) groups excluding carboxylic acids is 1. The molecule has 2 aromatic heterocycles. The average molecular weight is 398 g/mol. The zero-order chi connectivity index (χ0) is 18.8. The van der Waals surface area contributed by atoms with Gasteiger partial charge in [0.1, 0.15) is 0 Å². The molecule has 0 spiro atoms. The Morgan fingerprint density at radius 3 is 2.41 bits per heavy atom. The summed E-state index contributed by atoms with van der Waals surface area (Å²) >= 11 is 12.1. The quantitative estimate of drug-likeness (QED) is 0.422. The van der Waals surface area contributed by atoms with Crippen molar-refractivity contribution >= 4 is 51.8 Å². The molecule has 0 fully saturated rings. The average Bonchev–Trinajstić information content (AvgIpc) is 3.14. The van der Waals surface area contributed by atoms with Crippen molar-refractivity contribution in [3.63, 3.8) is 0 Å². The highest BCUT2D eigenvalue weighted by Gasteiger charge is 2.10. The van der Waals surface area contributed by atoms with Crippen molar-refractivity contribution in [2.45, 2.75) is 0 Å². The number of nitrogens with one attached hydrogen (secondary N) is 3. The van der Waals surface area contributed by atoms with Gasteiger partial charge in [0, 0.05) is 17.4 Å². The summed E-state index contributed by atoms with van der Waals surface area (Å²) in [7, 11) is 0. The molecule has 2 heterocycles. The number of rotatable bonds is 3. The third-order valence-corrected chi connectivity index (χ3v) is 4.61. The number of para-hydroxylation sites is 1. The first kappa shape index (κ1) is 17.3. The van der Waals surface area contributed by atoms with Crippen LogP contribution in [-0.4, -0.2) is 21.0 Å². The maximum Gasteiger partial charge on any atom is 0.323 e. The normalized spacial score (nSPS) is 10.7. The monoisotopic (exact) mass is 397 g/mol. The molecular formula is C19H13Cl2N5O. The number of nitrogens with zero attached hydrogens (tertiary/aromatic N) is 2. The number of urea groups is 1. The maximum atomic E-state index is 12.2. The SMILES string of the molecule is O=C(Nc1ccc(-c2ccnc3nc[nH]c23)cc1)Nc1c(Cl)cccc1Cl. The Morgan fingerprint density at radius 2 is 1.67 bits per heavy atom. The summed E-state index contributed by atoms with van der Waals surface area (Å²) in [5, 5.41) is 6.15. The molecular weight excluding hydrogens is 385 g/mol. The molecule has 0 aliphatic carbocycles. The smallest absolute Gasteiger partial charge is 0.323 e. The summed E-state index contributed by atoms with van der Waals surface area (Å²) in [5.74, 6) is 0. The second kappa shape index (κ2) is 7.26. The van der Waals surface area contributed by atoms with Crippen LogP contribution in [0.25, 0.3) is 22.3 Å². The van der Waals surface area contributed by atoms with E-state index in [4.69, 9.17) is 23.2 Å². The van der Waals surface area contributed by atoms with Crippen LogP contribution in [0.2, 0.25) is 10.0 Å². The number of H-pyrrole nitrogens is 1. The number of pyridine rings is 1. The van der Waals surface area contributed by atoms with E-state index in [1.807, 2.05) is 30.3 Å². The van der Waals surface area contributed by atoms with Crippen molar-refractivity contribution in [3.05, 3.63) is 71.1 Å². The van der Waals surface area contributed by atoms with E-state index in [0.717, 1.165) is 16.6 Å². The largest absolute Gasteiger partial charge is 0.343 e. The second-order valence-electron chi connectivity index (χ2n) is 5.71. The van der Waals surface area contributed by atoms with Crippen molar-refractivity contribution in [1.29, 1.82) is 0 Å². The van der Waals surface area contributed by atoms with Gasteiger partial charge in [-0.3, -0.25) is 0 Å². The molecule has 27 heavy (non-hydrogen) atoms. The van der Waals surface area contributed by atoms with Gasteiger partial charge in [-0.05, 0) is 35.9 Å². The van der Waals surface area contributed by atoms with E-state index in [1.54, 1.807) is 30.7 Å². The fourth-order valence-corrected chi connectivity index (χ4v) is 3.21. The Kier molecular flexibility index (Phi) is 4.66. The number of fused-ring (bicyclic) bond motifs is 1. The molecule has 2 amide bonds. The van der Waals surface area contributed by atoms with Crippen LogP contribution in [0.3, 0.4) is 0 Å². The standard InChI is InChI=1S/C19H13Cl2N5O/c20-14-2-1-3-15(21)17(14)26-19(27)25-12-6-4-11(5-7-12)13-8-9-22-18-16(13)23-10-24-18/h1-10H,(H,22,23,24)(H2,25,26,27). The van der Waals surface area contributed by atoms with Gasteiger partial charge in [0.25, 0.3) is 0 Å². The van der Waals surface area contributed by atoms with Gasteiger partial charge in [0.05, 0.1) is 27.6 Å². The van der Waals surface area contributed by atoms with Crippen LogP contribution >= 0.6 is 23.2 Å². The lowest BCUT2D eigenvalue weighted by atomic mass is 10.1. The Labute approximate surface area is 164 Å². The van der Waals surface area contributed by atoms with Gasteiger partial charge in [0.15, 0.2) is 5.65 Å². The predicted octanol–water partition coefficient (Wildman–Crippen LogP) is 5.58. The molecule has 4 rings (SSSR count). The van der Waals surface area contributed by atoms with E-state index in [2.05, 4.69) is 25.6 Å². The fraction of sp³-hybridized carbons (Fsp3) is 0. The van der Waals surface area contributed by atoms with Crippen LogP contribution in [0.1, 0.15) is 0 Å². The van der Waals surface area contributed by atoms with Gasteiger partial charge in [-0.1, -0.05) is 41.4 Å². The van der Waals surface area contributed by atoms with E-state index >= 15 is 0 Å². The van der Waals surface area contributed by atoms with Crippen LogP contribution in [0, 0.1) is 0 Å². The number of imidazole rings is 1. The molecule has 8 heteroatoms. The molecule has 0 atom stereocenters. The van der Waals surface area contributed by atoms with Crippen LogP contribution in [0.15, 0.2) is 61.1 Å². The number of anilines is 2. The van der Waals surface area contributed by atoms with Gasteiger partial charge in [-0.2, -0.15) is 0 Å². The number of hydrogen-bond donors (Lipinski definition) is 3. The van der Waals surface area contributed by atoms with Crippen molar-refractivity contribution in [2.24, 2.45) is 0 Å². The van der Waals surface area contributed by atoms with E-state index in [1.165, 1.54) is 0 Å². The molecule has 4 aromatic rings. The number of benzene rings is 2. The Balaban J connectivity index is 1.51. The van der Waals surface area contributed by atoms with Gasteiger partial charge < -0.3 is 15.6 Å². The molecule has 0 saturated heterocycles. The number of carbonyl (C=O) groups is 1. The highest BCUT2D eigenvalue weighted by atomic mass is 35.5.